The third-order valence-corrected chi connectivity index (χ3v) is 3.41. The van der Waals surface area contributed by atoms with Crippen LogP contribution in [0.2, 0.25) is 0 Å². The molecule has 0 aromatic rings. The van der Waals surface area contributed by atoms with Gasteiger partial charge >= 0.3 is 5.97 Å². The number of nitrogens with zero attached hydrogens (tertiary/aromatic N) is 1. The van der Waals surface area contributed by atoms with E-state index in [1.165, 1.54) is 25.7 Å². The van der Waals surface area contributed by atoms with E-state index in [9.17, 15) is 4.79 Å². The van der Waals surface area contributed by atoms with Crippen molar-refractivity contribution in [2.75, 3.05) is 20.6 Å². The molecule has 1 aliphatic rings. The molecule has 0 atom stereocenters. The standard InChI is InChI=1S/C11H22N2O2/c1-12-9-3-5-10(6-4-9)13(2)8-7-11(14)15/h9-10,12H,3-8H2,1-2H3,(H,14,15). The summed E-state index contributed by atoms with van der Waals surface area (Å²) < 4.78 is 0. The molecule has 0 aliphatic heterocycles. The van der Waals surface area contributed by atoms with Crippen LogP contribution in [0.5, 0.6) is 0 Å². The molecule has 15 heavy (non-hydrogen) atoms. The normalized spacial score (nSPS) is 26.9. The summed E-state index contributed by atoms with van der Waals surface area (Å²) in [7, 11) is 4.05. The first-order chi connectivity index (χ1) is 7.13. The van der Waals surface area contributed by atoms with Crippen LogP contribution in [0.1, 0.15) is 32.1 Å². The minimum Gasteiger partial charge on any atom is -0.481 e. The van der Waals surface area contributed by atoms with Crippen LogP contribution in [0.4, 0.5) is 0 Å². The molecule has 0 unspecified atom stereocenters. The van der Waals surface area contributed by atoms with Gasteiger partial charge in [0.05, 0.1) is 6.42 Å². The Labute approximate surface area is 91.6 Å². The Bertz CT molecular complexity index is 201. The number of carbonyl (C=O) groups is 1. The molecule has 0 spiro atoms. The third kappa shape index (κ3) is 4.18. The lowest BCUT2D eigenvalue weighted by Crippen LogP contribution is -2.40. The molecule has 88 valence electrons. The summed E-state index contributed by atoms with van der Waals surface area (Å²) in [4.78, 5) is 12.6. The molecule has 1 fully saturated rings. The molecule has 0 aromatic heterocycles. The zero-order valence-electron chi connectivity index (χ0n) is 9.70. The maximum atomic E-state index is 10.4. The summed E-state index contributed by atoms with van der Waals surface area (Å²) in [5.41, 5.74) is 0. The van der Waals surface area contributed by atoms with Crippen LogP contribution in [-0.2, 0) is 4.79 Å². The van der Waals surface area contributed by atoms with E-state index < -0.39 is 5.97 Å². The van der Waals surface area contributed by atoms with Crippen molar-refractivity contribution in [2.45, 2.75) is 44.2 Å². The summed E-state index contributed by atoms with van der Waals surface area (Å²) in [5.74, 6) is -0.703. The van der Waals surface area contributed by atoms with Crippen LogP contribution in [0.25, 0.3) is 0 Å². The maximum Gasteiger partial charge on any atom is 0.304 e. The van der Waals surface area contributed by atoms with Crippen LogP contribution in [0.3, 0.4) is 0 Å². The molecule has 2 N–H and O–H groups in total. The number of rotatable bonds is 5. The van der Waals surface area contributed by atoms with Crippen LogP contribution in [0.15, 0.2) is 0 Å². The van der Waals surface area contributed by atoms with Gasteiger partial charge in [-0.2, -0.15) is 0 Å². The first-order valence-corrected chi connectivity index (χ1v) is 5.72. The maximum absolute atomic E-state index is 10.4. The van der Waals surface area contributed by atoms with Gasteiger partial charge in [-0.3, -0.25) is 4.79 Å². The molecule has 1 aliphatic carbocycles. The first kappa shape index (κ1) is 12.5. The largest absolute Gasteiger partial charge is 0.481 e. The van der Waals surface area contributed by atoms with Gasteiger partial charge in [-0.25, -0.2) is 0 Å². The van der Waals surface area contributed by atoms with Crippen LogP contribution < -0.4 is 5.32 Å². The third-order valence-electron chi connectivity index (χ3n) is 3.41. The van der Waals surface area contributed by atoms with E-state index in [0.29, 0.717) is 18.6 Å². The van der Waals surface area contributed by atoms with E-state index in [-0.39, 0.29) is 6.42 Å². The fraction of sp³-hybridized carbons (Fsp3) is 0.909. The van der Waals surface area contributed by atoms with Gasteiger partial charge in [-0.05, 0) is 39.8 Å². The van der Waals surface area contributed by atoms with Crippen LogP contribution >= 0.6 is 0 Å². The SMILES string of the molecule is CNC1CCC(N(C)CCC(=O)O)CC1. The molecule has 1 rings (SSSR count). The highest BCUT2D eigenvalue weighted by Crippen LogP contribution is 2.22. The fourth-order valence-electron chi connectivity index (χ4n) is 2.26. The van der Waals surface area contributed by atoms with E-state index in [1.54, 1.807) is 0 Å². The number of aliphatic carboxylic acids is 1. The van der Waals surface area contributed by atoms with Crippen LogP contribution in [0, 0.1) is 0 Å². The van der Waals surface area contributed by atoms with E-state index in [2.05, 4.69) is 10.2 Å². The van der Waals surface area contributed by atoms with E-state index in [0.717, 1.165) is 0 Å². The van der Waals surface area contributed by atoms with Gasteiger partial charge in [0.2, 0.25) is 0 Å². The summed E-state index contributed by atoms with van der Waals surface area (Å²) in [5, 5.41) is 11.9. The van der Waals surface area contributed by atoms with E-state index >= 15 is 0 Å². The van der Waals surface area contributed by atoms with Crippen molar-refractivity contribution in [1.29, 1.82) is 0 Å². The smallest absolute Gasteiger partial charge is 0.304 e. The lowest BCUT2D eigenvalue weighted by atomic mass is 9.90. The Kier molecular flexibility index (Phi) is 5.05. The molecule has 0 amide bonds. The highest BCUT2D eigenvalue weighted by Gasteiger charge is 2.22. The van der Waals surface area contributed by atoms with Gasteiger partial charge in [0.25, 0.3) is 0 Å². The van der Waals surface area contributed by atoms with Crippen molar-refractivity contribution in [3.63, 3.8) is 0 Å². The second kappa shape index (κ2) is 6.08. The van der Waals surface area contributed by atoms with Gasteiger partial charge in [0, 0.05) is 18.6 Å². The minimum absolute atomic E-state index is 0.252. The second-order valence-electron chi connectivity index (χ2n) is 4.42. The Morgan fingerprint density at radius 1 is 1.40 bits per heavy atom. The lowest BCUT2D eigenvalue weighted by Gasteiger charge is -2.34. The van der Waals surface area contributed by atoms with Gasteiger partial charge in [0.1, 0.15) is 0 Å². The first-order valence-electron chi connectivity index (χ1n) is 5.72. The quantitative estimate of drug-likeness (QED) is 0.714. The molecule has 0 bridgehead atoms. The minimum atomic E-state index is -0.703. The fourth-order valence-corrected chi connectivity index (χ4v) is 2.26. The molecule has 0 aromatic carbocycles. The number of hydrogen-bond donors (Lipinski definition) is 2. The summed E-state index contributed by atoms with van der Waals surface area (Å²) >= 11 is 0. The van der Waals surface area contributed by atoms with Crippen LogP contribution in [-0.4, -0.2) is 48.7 Å². The Morgan fingerprint density at radius 2 is 2.00 bits per heavy atom. The zero-order chi connectivity index (χ0) is 11.3. The number of carboxylic acid groups (broad SMARTS) is 1. The molecule has 0 radical (unpaired) electrons. The summed E-state index contributed by atoms with van der Waals surface area (Å²) in [6.07, 6.45) is 5.03. The van der Waals surface area contributed by atoms with Crippen molar-refractivity contribution >= 4 is 5.97 Å². The molecule has 0 heterocycles. The molecule has 4 heteroatoms. The highest BCUT2D eigenvalue weighted by atomic mass is 16.4. The molecular weight excluding hydrogens is 192 g/mol. The Balaban J connectivity index is 2.23. The monoisotopic (exact) mass is 214 g/mol. The predicted molar refractivity (Wildman–Crippen MR) is 60.0 cm³/mol. The average Bonchev–Trinajstić information content (AvgIpc) is 2.26. The Hall–Kier alpha value is -0.610. The van der Waals surface area contributed by atoms with Crippen molar-refractivity contribution in [3.8, 4) is 0 Å². The van der Waals surface area contributed by atoms with Gasteiger partial charge in [0.15, 0.2) is 0 Å². The van der Waals surface area contributed by atoms with Crippen molar-refractivity contribution in [2.24, 2.45) is 0 Å². The average molecular weight is 214 g/mol. The van der Waals surface area contributed by atoms with Crippen molar-refractivity contribution in [1.82, 2.24) is 10.2 Å². The number of hydrogen-bond acceptors (Lipinski definition) is 3. The topological polar surface area (TPSA) is 52.6 Å². The molecule has 4 nitrogen and oxygen atoms in total. The lowest BCUT2D eigenvalue weighted by molar-refractivity contribution is -0.137. The number of carboxylic acids is 1. The highest BCUT2D eigenvalue weighted by molar-refractivity contribution is 5.66. The summed E-state index contributed by atoms with van der Waals surface area (Å²) in [6, 6.07) is 1.24. The van der Waals surface area contributed by atoms with Crippen molar-refractivity contribution < 1.29 is 9.90 Å². The number of nitrogens with one attached hydrogen (secondary N) is 1. The second-order valence-corrected chi connectivity index (χ2v) is 4.42. The predicted octanol–water partition coefficient (Wildman–Crippen LogP) is 0.923. The van der Waals surface area contributed by atoms with Gasteiger partial charge < -0.3 is 15.3 Å². The molecule has 1 saturated carbocycles. The van der Waals surface area contributed by atoms with Gasteiger partial charge in [-0.15, -0.1) is 0 Å². The molecule has 0 saturated heterocycles. The van der Waals surface area contributed by atoms with Crippen molar-refractivity contribution in [3.05, 3.63) is 0 Å². The van der Waals surface area contributed by atoms with E-state index in [1.807, 2.05) is 14.1 Å². The molecular formula is C11H22N2O2. The Morgan fingerprint density at radius 3 is 2.47 bits per heavy atom. The summed E-state index contributed by atoms with van der Waals surface area (Å²) in [6.45, 7) is 0.671. The zero-order valence-corrected chi connectivity index (χ0v) is 9.70. The van der Waals surface area contributed by atoms with Gasteiger partial charge in [-0.1, -0.05) is 0 Å². The van der Waals surface area contributed by atoms with E-state index in [4.69, 9.17) is 5.11 Å².